The second-order valence-corrected chi connectivity index (χ2v) is 7.27. The topological polar surface area (TPSA) is 82.0 Å². The van der Waals surface area contributed by atoms with Gasteiger partial charge < -0.3 is 25.2 Å². The molecular weight excluding hydrogens is 284 g/mol. The highest BCUT2D eigenvalue weighted by molar-refractivity contribution is 5.68. The van der Waals surface area contributed by atoms with Gasteiger partial charge in [-0.05, 0) is 34.1 Å². The summed E-state index contributed by atoms with van der Waals surface area (Å²) in [6.07, 6.45) is -0.151. The molecule has 0 heterocycles. The zero-order chi connectivity index (χ0) is 17.4. The van der Waals surface area contributed by atoms with Crippen molar-refractivity contribution in [1.82, 2.24) is 10.2 Å². The van der Waals surface area contributed by atoms with Gasteiger partial charge in [-0.3, -0.25) is 0 Å². The van der Waals surface area contributed by atoms with Crippen molar-refractivity contribution >= 4 is 6.09 Å². The van der Waals surface area contributed by atoms with Crippen molar-refractivity contribution in [2.75, 3.05) is 32.8 Å². The molecule has 0 aromatic heterocycles. The minimum atomic E-state index is -0.606. The number of hydrogen-bond acceptors (Lipinski definition) is 5. The lowest BCUT2D eigenvalue weighted by Crippen LogP contribution is -2.45. The number of aliphatic hydroxyl groups is 2. The highest BCUT2D eigenvalue weighted by Gasteiger charge is 2.24. The molecule has 0 rings (SSSR count). The van der Waals surface area contributed by atoms with Crippen LogP contribution in [0.4, 0.5) is 4.79 Å². The van der Waals surface area contributed by atoms with Crippen LogP contribution in [0, 0.1) is 5.41 Å². The molecule has 1 amide bonds. The molecular formula is C16H34N2O4. The number of nitrogens with zero attached hydrogens (tertiary/aromatic N) is 1. The third kappa shape index (κ3) is 9.23. The Balaban J connectivity index is 4.40. The second kappa shape index (κ2) is 9.33. The van der Waals surface area contributed by atoms with Crippen LogP contribution in [0.25, 0.3) is 0 Å². The summed E-state index contributed by atoms with van der Waals surface area (Å²) in [5, 5.41) is 22.2. The lowest BCUT2D eigenvalue weighted by Gasteiger charge is -2.29. The van der Waals surface area contributed by atoms with Crippen LogP contribution in [-0.2, 0) is 4.74 Å². The number of hydrogen-bond donors (Lipinski definition) is 3. The first-order valence-corrected chi connectivity index (χ1v) is 8.00. The fraction of sp³-hybridized carbons (Fsp3) is 0.938. The summed E-state index contributed by atoms with van der Waals surface area (Å²) in [6.45, 7) is 13.2. The van der Waals surface area contributed by atoms with Gasteiger partial charge in [0.05, 0.1) is 6.10 Å². The second-order valence-electron chi connectivity index (χ2n) is 7.27. The maximum absolute atomic E-state index is 12.1. The Morgan fingerprint density at radius 3 is 2.32 bits per heavy atom. The monoisotopic (exact) mass is 318 g/mol. The van der Waals surface area contributed by atoms with Crippen LogP contribution < -0.4 is 5.32 Å². The predicted octanol–water partition coefficient (Wildman–Crippen LogP) is 1.60. The summed E-state index contributed by atoms with van der Waals surface area (Å²) in [4.78, 5) is 13.6. The van der Waals surface area contributed by atoms with Gasteiger partial charge in [0, 0.05) is 38.2 Å². The van der Waals surface area contributed by atoms with E-state index in [2.05, 4.69) is 5.32 Å². The van der Waals surface area contributed by atoms with Gasteiger partial charge in [-0.15, -0.1) is 0 Å². The lowest BCUT2D eigenvalue weighted by atomic mass is 9.89. The minimum absolute atomic E-state index is 0.125. The van der Waals surface area contributed by atoms with E-state index in [4.69, 9.17) is 4.74 Å². The fourth-order valence-electron chi connectivity index (χ4n) is 1.80. The Labute approximate surface area is 134 Å². The first-order chi connectivity index (χ1) is 10.0. The largest absolute Gasteiger partial charge is 0.444 e. The molecule has 0 aliphatic rings. The molecule has 0 aromatic carbocycles. The number of rotatable bonds is 9. The molecule has 6 heteroatoms. The molecule has 0 spiro atoms. The molecule has 0 saturated carbocycles. The van der Waals surface area contributed by atoms with Gasteiger partial charge >= 0.3 is 6.09 Å². The quantitative estimate of drug-likeness (QED) is 0.563. The van der Waals surface area contributed by atoms with Crippen molar-refractivity contribution in [1.29, 1.82) is 0 Å². The zero-order valence-corrected chi connectivity index (χ0v) is 15.0. The van der Waals surface area contributed by atoms with E-state index in [0.29, 0.717) is 19.6 Å². The summed E-state index contributed by atoms with van der Waals surface area (Å²) in [6, 6.07) is 0. The van der Waals surface area contributed by atoms with E-state index in [1.165, 1.54) is 4.90 Å². The number of ether oxygens (including phenoxy) is 1. The maximum atomic E-state index is 12.1. The summed E-state index contributed by atoms with van der Waals surface area (Å²) in [5.41, 5.74) is -0.708. The zero-order valence-electron chi connectivity index (χ0n) is 15.0. The standard InChI is InChI=1S/C16H34N2O4/c1-7-16(6,12-19)11-17-8-9-18(10-13(2)20)14(21)22-15(3,4)5/h13,17,19-20H,7-12H2,1-6H3. The Morgan fingerprint density at radius 1 is 1.32 bits per heavy atom. The van der Waals surface area contributed by atoms with Crippen LogP contribution in [0.3, 0.4) is 0 Å². The third-order valence-corrected chi connectivity index (χ3v) is 3.48. The van der Waals surface area contributed by atoms with E-state index in [9.17, 15) is 15.0 Å². The van der Waals surface area contributed by atoms with Crippen molar-refractivity contribution in [3.05, 3.63) is 0 Å². The van der Waals surface area contributed by atoms with Gasteiger partial charge in [0.25, 0.3) is 0 Å². The molecule has 3 N–H and O–H groups in total. The summed E-state index contributed by atoms with van der Waals surface area (Å²) in [7, 11) is 0. The smallest absolute Gasteiger partial charge is 0.410 e. The van der Waals surface area contributed by atoms with Gasteiger partial charge in [0.15, 0.2) is 0 Å². The van der Waals surface area contributed by atoms with Crippen molar-refractivity contribution < 1.29 is 19.7 Å². The van der Waals surface area contributed by atoms with Crippen molar-refractivity contribution in [3.63, 3.8) is 0 Å². The van der Waals surface area contributed by atoms with Crippen LogP contribution in [0.15, 0.2) is 0 Å². The molecule has 132 valence electrons. The Morgan fingerprint density at radius 2 is 1.91 bits per heavy atom. The maximum Gasteiger partial charge on any atom is 0.410 e. The van der Waals surface area contributed by atoms with Gasteiger partial charge in [0.2, 0.25) is 0 Å². The summed E-state index contributed by atoms with van der Waals surface area (Å²) < 4.78 is 5.35. The highest BCUT2D eigenvalue weighted by atomic mass is 16.6. The average Bonchev–Trinajstić information content (AvgIpc) is 2.39. The summed E-state index contributed by atoms with van der Waals surface area (Å²) in [5.74, 6) is 0. The Hall–Kier alpha value is -0.850. The van der Waals surface area contributed by atoms with Gasteiger partial charge in [-0.2, -0.15) is 0 Å². The number of carbonyl (C=O) groups excluding carboxylic acids is 1. The number of nitrogens with one attached hydrogen (secondary N) is 1. The normalized spacial score (nSPS) is 16.0. The molecule has 2 atom stereocenters. The van der Waals surface area contributed by atoms with E-state index in [1.807, 2.05) is 34.6 Å². The van der Waals surface area contributed by atoms with E-state index in [0.717, 1.165) is 6.42 Å². The molecule has 0 aliphatic carbocycles. The molecule has 0 radical (unpaired) electrons. The van der Waals surface area contributed by atoms with Gasteiger partial charge in [-0.1, -0.05) is 13.8 Å². The summed E-state index contributed by atoms with van der Waals surface area (Å²) >= 11 is 0. The van der Waals surface area contributed by atoms with Crippen LogP contribution >= 0.6 is 0 Å². The molecule has 0 bridgehead atoms. The molecule has 6 nitrogen and oxygen atoms in total. The van der Waals surface area contributed by atoms with E-state index >= 15 is 0 Å². The van der Waals surface area contributed by atoms with E-state index < -0.39 is 17.8 Å². The average molecular weight is 318 g/mol. The van der Waals surface area contributed by atoms with E-state index in [1.54, 1.807) is 6.92 Å². The molecule has 0 saturated heterocycles. The Bertz CT molecular complexity index is 323. The van der Waals surface area contributed by atoms with Gasteiger partial charge in [0.1, 0.15) is 5.60 Å². The van der Waals surface area contributed by atoms with Crippen LogP contribution in [0.1, 0.15) is 48.0 Å². The number of amides is 1. The highest BCUT2D eigenvalue weighted by Crippen LogP contribution is 2.18. The van der Waals surface area contributed by atoms with Crippen molar-refractivity contribution in [2.24, 2.45) is 5.41 Å². The SMILES string of the molecule is CCC(C)(CO)CNCCN(CC(C)O)C(=O)OC(C)(C)C. The predicted molar refractivity (Wildman–Crippen MR) is 87.8 cm³/mol. The van der Waals surface area contributed by atoms with Crippen molar-refractivity contribution in [2.45, 2.75) is 59.7 Å². The van der Waals surface area contributed by atoms with E-state index in [-0.39, 0.29) is 18.6 Å². The lowest BCUT2D eigenvalue weighted by molar-refractivity contribution is 0.0162. The fourth-order valence-corrected chi connectivity index (χ4v) is 1.80. The Kier molecular flexibility index (Phi) is 8.96. The van der Waals surface area contributed by atoms with Crippen LogP contribution in [-0.4, -0.2) is 65.7 Å². The third-order valence-electron chi connectivity index (χ3n) is 3.48. The number of carbonyl (C=O) groups is 1. The molecule has 0 aromatic rings. The first-order valence-electron chi connectivity index (χ1n) is 8.00. The van der Waals surface area contributed by atoms with Crippen LogP contribution in [0.2, 0.25) is 0 Å². The molecule has 2 unspecified atom stereocenters. The minimum Gasteiger partial charge on any atom is -0.444 e. The molecule has 0 fully saturated rings. The van der Waals surface area contributed by atoms with Crippen LogP contribution in [0.5, 0.6) is 0 Å². The molecule has 0 aliphatic heterocycles. The van der Waals surface area contributed by atoms with Gasteiger partial charge in [-0.25, -0.2) is 4.79 Å². The molecule has 22 heavy (non-hydrogen) atoms. The van der Waals surface area contributed by atoms with Crippen molar-refractivity contribution in [3.8, 4) is 0 Å². The first kappa shape index (κ1) is 21.1. The number of aliphatic hydroxyl groups excluding tert-OH is 2.